The van der Waals surface area contributed by atoms with Crippen molar-refractivity contribution in [3.8, 4) is 0 Å². The number of allylic oxidation sites excluding steroid dienone is 7. The summed E-state index contributed by atoms with van der Waals surface area (Å²) < 4.78 is 11.3. The molecule has 1 rings (SSSR count). The summed E-state index contributed by atoms with van der Waals surface area (Å²) in [5.74, 6) is -0.184. The van der Waals surface area contributed by atoms with Gasteiger partial charge in [-0.25, -0.2) is 0 Å². The van der Waals surface area contributed by atoms with Crippen LogP contribution in [0.15, 0.2) is 48.6 Å². The van der Waals surface area contributed by atoms with Crippen LogP contribution in [0.4, 0.5) is 0 Å². The highest BCUT2D eigenvalue weighted by Gasteiger charge is 2.44. The van der Waals surface area contributed by atoms with E-state index < -0.39 is 49.5 Å². The lowest BCUT2D eigenvalue weighted by molar-refractivity contribution is -0.302. The maximum Gasteiger partial charge on any atom is 0.220 e. The molecule has 0 bridgehead atoms. The van der Waals surface area contributed by atoms with Gasteiger partial charge in [0.15, 0.2) is 6.29 Å². The van der Waals surface area contributed by atoms with Gasteiger partial charge in [0.2, 0.25) is 5.91 Å². The van der Waals surface area contributed by atoms with E-state index in [1.807, 2.05) is 6.08 Å². The molecule has 1 saturated heterocycles. The Balaban J connectivity index is 2.19. The Bertz CT molecular complexity index is 1240. The maximum absolute atomic E-state index is 13.1. The van der Waals surface area contributed by atoms with Gasteiger partial charge in [-0.2, -0.15) is 0 Å². The number of hydrogen-bond acceptors (Lipinski definition) is 8. The summed E-state index contributed by atoms with van der Waals surface area (Å²) in [5, 5.41) is 54.5. The molecular formula is C61H113NO8. The zero-order valence-corrected chi connectivity index (χ0v) is 45.5. The molecule has 0 aliphatic carbocycles. The molecule has 1 heterocycles. The van der Waals surface area contributed by atoms with Crippen molar-refractivity contribution in [3.63, 3.8) is 0 Å². The lowest BCUT2D eigenvalue weighted by Gasteiger charge is -2.40. The molecule has 9 nitrogen and oxygen atoms in total. The van der Waals surface area contributed by atoms with Gasteiger partial charge >= 0.3 is 0 Å². The van der Waals surface area contributed by atoms with Crippen LogP contribution < -0.4 is 5.32 Å². The first-order valence-corrected chi connectivity index (χ1v) is 29.9. The van der Waals surface area contributed by atoms with Gasteiger partial charge in [0, 0.05) is 6.42 Å². The number of aliphatic hydroxyl groups is 5. The Morgan fingerprint density at radius 3 is 1.29 bits per heavy atom. The van der Waals surface area contributed by atoms with Gasteiger partial charge in [-0.15, -0.1) is 0 Å². The molecule has 70 heavy (non-hydrogen) atoms. The predicted octanol–water partition coefficient (Wildman–Crippen LogP) is 14.9. The molecule has 1 fully saturated rings. The molecule has 0 radical (unpaired) electrons. The molecule has 9 heteroatoms. The summed E-state index contributed by atoms with van der Waals surface area (Å²) in [6, 6.07) is -0.822. The number of nitrogens with one attached hydrogen (secondary N) is 1. The van der Waals surface area contributed by atoms with Gasteiger partial charge in [-0.1, -0.05) is 255 Å². The quantitative estimate of drug-likeness (QED) is 0.0261. The topological polar surface area (TPSA) is 149 Å². The van der Waals surface area contributed by atoms with Gasteiger partial charge in [-0.05, 0) is 64.2 Å². The zero-order valence-electron chi connectivity index (χ0n) is 45.5. The van der Waals surface area contributed by atoms with Gasteiger partial charge in [0.1, 0.15) is 24.4 Å². The van der Waals surface area contributed by atoms with Gasteiger partial charge < -0.3 is 40.3 Å². The number of aliphatic hydroxyl groups excluding tert-OH is 5. The van der Waals surface area contributed by atoms with E-state index in [0.29, 0.717) is 6.42 Å². The third-order valence-electron chi connectivity index (χ3n) is 14.1. The summed E-state index contributed by atoms with van der Waals surface area (Å²) in [4.78, 5) is 13.1. The first-order chi connectivity index (χ1) is 34.3. The molecule has 410 valence electrons. The van der Waals surface area contributed by atoms with Crippen LogP contribution in [0.5, 0.6) is 0 Å². The summed E-state index contributed by atoms with van der Waals surface area (Å²) in [6.45, 7) is 3.78. The molecule has 0 saturated carbocycles. The molecule has 7 atom stereocenters. The first-order valence-electron chi connectivity index (χ1n) is 29.9. The average molecular weight is 989 g/mol. The van der Waals surface area contributed by atoms with E-state index in [1.54, 1.807) is 6.08 Å². The number of carbonyl (C=O) groups excluding carboxylic acids is 1. The molecule has 1 aliphatic heterocycles. The normalized spacial score (nSPS) is 19.7. The third-order valence-corrected chi connectivity index (χ3v) is 14.1. The number of amides is 1. The number of rotatable bonds is 51. The van der Waals surface area contributed by atoms with Crippen molar-refractivity contribution >= 4 is 5.91 Å². The lowest BCUT2D eigenvalue weighted by atomic mass is 9.99. The van der Waals surface area contributed by atoms with E-state index in [1.165, 1.54) is 212 Å². The highest BCUT2D eigenvalue weighted by molar-refractivity contribution is 5.76. The van der Waals surface area contributed by atoms with E-state index in [4.69, 9.17) is 9.47 Å². The van der Waals surface area contributed by atoms with Crippen LogP contribution in [-0.4, -0.2) is 87.5 Å². The number of ether oxygens (including phenoxy) is 2. The van der Waals surface area contributed by atoms with Crippen molar-refractivity contribution in [2.24, 2.45) is 0 Å². The number of carbonyl (C=O) groups is 1. The minimum atomic E-state index is -1.57. The SMILES string of the molecule is CCCCCCC/C=C\C/C=C\CCCCCCCCCCCCCCCCCCCC(=O)NC(COC1OC(CO)C(O)C(O)C1O)C(O)/C=C/CC/C=C/CCCCCCCCCCCCCC. The second-order valence-corrected chi connectivity index (χ2v) is 20.8. The van der Waals surface area contributed by atoms with Gasteiger partial charge in [-0.3, -0.25) is 4.79 Å². The Hall–Kier alpha value is -1.85. The molecule has 1 amide bonds. The number of hydrogen-bond donors (Lipinski definition) is 6. The van der Waals surface area contributed by atoms with Crippen molar-refractivity contribution < 1.29 is 39.8 Å². The molecule has 1 aliphatic rings. The smallest absolute Gasteiger partial charge is 0.220 e. The Labute approximate surface area is 431 Å². The second-order valence-electron chi connectivity index (χ2n) is 20.8. The molecule has 0 spiro atoms. The zero-order chi connectivity index (χ0) is 50.8. The second kappa shape index (κ2) is 50.7. The molecule has 6 N–H and O–H groups in total. The number of unbranched alkanes of at least 4 members (excludes halogenated alkanes) is 35. The van der Waals surface area contributed by atoms with Crippen LogP contribution >= 0.6 is 0 Å². The third kappa shape index (κ3) is 39.7. The largest absolute Gasteiger partial charge is 0.394 e. The average Bonchev–Trinajstić information content (AvgIpc) is 3.36. The van der Waals surface area contributed by atoms with E-state index in [9.17, 15) is 30.3 Å². The molecule has 0 aromatic carbocycles. The van der Waals surface area contributed by atoms with Crippen molar-refractivity contribution in [2.75, 3.05) is 13.2 Å². The monoisotopic (exact) mass is 988 g/mol. The van der Waals surface area contributed by atoms with Crippen LogP contribution in [0, 0.1) is 0 Å². The lowest BCUT2D eigenvalue weighted by Crippen LogP contribution is -2.60. The molecule has 7 unspecified atom stereocenters. The summed E-state index contributed by atoms with van der Waals surface area (Å²) in [7, 11) is 0. The summed E-state index contributed by atoms with van der Waals surface area (Å²) in [6.07, 6.45) is 60.4. The highest BCUT2D eigenvalue weighted by atomic mass is 16.7. The highest BCUT2D eigenvalue weighted by Crippen LogP contribution is 2.23. The minimum absolute atomic E-state index is 0.184. The minimum Gasteiger partial charge on any atom is -0.394 e. The van der Waals surface area contributed by atoms with Crippen molar-refractivity contribution in [1.82, 2.24) is 5.32 Å². The van der Waals surface area contributed by atoms with E-state index >= 15 is 0 Å². The van der Waals surface area contributed by atoms with Gasteiger partial charge in [0.05, 0.1) is 25.4 Å². The van der Waals surface area contributed by atoms with Crippen LogP contribution in [0.3, 0.4) is 0 Å². The van der Waals surface area contributed by atoms with Crippen LogP contribution in [-0.2, 0) is 14.3 Å². The fraction of sp³-hybridized carbons (Fsp3) is 0.852. The predicted molar refractivity (Wildman–Crippen MR) is 295 cm³/mol. The Morgan fingerprint density at radius 2 is 0.857 bits per heavy atom. The van der Waals surface area contributed by atoms with E-state index in [0.717, 1.165) is 44.9 Å². The standard InChI is InChI=1S/C61H113NO8/c1-3-5-7-9-11-13-15-17-19-21-23-24-25-26-27-28-29-30-31-32-33-35-37-39-41-43-45-47-49-51-57(65)62-54(53-69-61-60(68)59(67)58(66)56(52-63)70-61)55(64)50-48-46-44-42-40-38-36-34-22-20-18-16-14-12-10-8-6-4-2/h15,17,21,23,40,42,48,50,54-56,58-61,63-64,66-68H,3-14,16,18-20,22,24-39,41,43-47,49,51-53H2,1-2H3,(H,62,65)/b17-15-,23-21-,42-40+,50-48+. The van der Waals surface area contributed by atoms with Crippen molar-refractivity contribution in [1.29, 1.82) is 0 Å². The summed E-state index contributed by atoms with van der Waals surface area (Å²) in [5.41, 5.74) is 0. The molecular weight excluding hydrogens is 875 g/mol. The fourth-order valence-corrected chi connectivity index (χ4v) is 9.38. The van der Waals surface area contributed by atoms with Crippen LogP contribution in [0.25, 0.3) is 0 Å². The van der Waals surface area contributed by atoms with Crippen LogP contribution in [0.1, 0.15) is 277 Å². The van der Waals surface area contributed by atoms with Crippen LogP contribution in [0.2, 0.25) is 0 Å². The first kappa shape index (κ1) is 66.2. The van der Waals surface area contributed by atoms with Crippen molar-refractivity contribution in [3.05, 3.63) is 48.6 Å². The Morgan fingerprint density at radius 1 is 0.486 bits per heavy atom. The van der Waals surface area contributed by atoms with Gasteiger partial charge in [0.25, 0.3) is 0 Å². The van der Waals surface area contributed by atoms with Crippen molar-refractivity contribution in [2.45, 2.75) is 320 Å². The molecule has 0 aromatic rings. The maximum atomic E-state index is 13.1. The van der Waals surface area contributed by atoms with E-state index in [2.05, 4.69) is 55.6 Å². The fourth-order valence-electron chi connectivity index (χ4n) is 9.38. The molecule has 0 aromatic heterocycles. The van der Waals surface area contributed by atoms with E-state index in [-0.39, 0.29) is 12.5 Å². The summed E-state index contributed by atoms with van der Waals surface area (Å²) >= 11 is 0. The Kier molecular flexibility index (Phi) is 47.9.